The number of aryl methyl sites for hydroxylation is 1. The molecule has 3 aromatic heterocycles. The lowest BCUT2D eigenvalue weighted by Gasteiger charge is -2.10. The molecule has 3 rings (SSSR count). The average molecular weight is 397 g/mol. The Kier molecular flexibility index (Phi) is 5.34. The summed E-state index contributed by atoms with van der Waals surface area (Å²) in [5.41, 5.74) is -1.75. The molecule has 1 N–H and O–H groups in total. The smallest absolute Gasteiger partial charge is 0.416 e. The molecule has 0 aromatic carbocycles. The molecule has 11 heteroatoms. The van der Waals surface area contributed by atoms with Crippen LogP contribution in [0.15, 0.2) is 38.4 Å². The summed E-state index contributed by atoms with van der Waals surface area (Å²) in [4.78, 5) is 33.7. The van der Waals surface area contributed by atoms with Crippen molar-refractivity contribution in [3.63, 3.8) is 0 Å². The fourth-order valence-corrected chi connectivity index (χ4v) is 2.43. The fourth-order valence-electron chi connectivity index (χ4n) is 2.43. The number of pyridine rings is 1. The molecule has 0 saturated carbocycles. The first kappa shape index (κ1) is 19.4. The van der Waals surface area contributed by atoms with Gasteiger partial charge in [0.25, 0.3) is 11.6 Å². The standard InChI is InChI=1S/C17H14F3N3O5/c1-2-9-7-12(24)28-15-13(9)14(25)22-16(23-15)27-6-5-26-11-8-10(3-4-21-11)17(18,19)20/h3-4,7-8H,2,5-6H2,1H3,(H,22,23,25). The highest BCUT2D eigenvalue weighted by Gasteiger charge is 2.30. The number of ether oxygens (including phenoxy) is 2. The van der Waals surface area contributed by atoms with Gasteiger partial charge in [-0.15, -0.1) is 0 Å². The van der Waals surface area contributed by atoms with E-state index in [0.717, 1.165) is 18.3 Å². The summed E-state index contributed by atoms with van der Waals surface area (Å²) in [5.74, 6) is -0.225. The molecule has 148 valence electrons. The van der Waals surface area contributed by atoms with E-state index in [0.29, 0.717) is 12.0 Å². The lowest BCUT2D eigenvalue weighted by molar-refractivity contribution is -0.137. The molecule has 0 aliphatic carbocycles. The van der Waals surface area contributed by atoms with E-state index in [1.807, 2.05) is 0 Å². The SMILES string of the molecule is CCc1cc(=O)oc2nc(OCCOc3cc(C(F)(F)F)ccn3)[nH]c(=O)c12. The molecular weight excluding hydrogens is 383 g/mol. The Morgan fingerprint density at radius 1 is 1.18 bits per heavy atom. The van der Waals surface area contributed by atoms with Crippen molar-refractivity contribution in [2.24, 2.45) is 0 Å². The van der Waals surface area contributed by atoms with Gasteiger partial charge in [0, 0.05) is 18.3 Å². The number of alkyl halides is 3. The van der Waals surface area contributed by atoms with E-state index in [1.165, 1.54) is 6.07 Å². The third-order valence-electron chi connectivity index (χ3n) is 3.69. The van der Waals surface area contributed by atoms with E-state index in [2.05, 4.69) is 15.0 Å². The third-order valence-corrected chi connectivity index (χ3v) is 3.69. The van der Waals surface area contributed by atoms with Crippen LogP contribution in [-0.2, 0) is 12.6 Å². The van der Waals surface area contributed by atoms with Crippen LogP contribution in [0.1, 0.15) is 18.1 Å². The molecule has 3 aromatic rings. The molecule has 8 nitrogen and oxygen atoms in total. The van der Waals surface area contributed by atoms with Crippen molar-refractivity contribution in [3.8, 4) is 11.9 Å². The van der Waals surface area contributed by atoms with Gasteiger partial charge >= 0.3 is 11.8 Å². The minimum Gasteiger partial charge on any atom is -0.474 e. The molecule has 0 unspecified atom stereocenters. The van der Waals surface area contributed by atoms with E-state index in [9.17, 15) is 22.8 Å². The Labute approximate surface area is 155 Å². The monoisotopic (exact) mass is 397 g/mol. The maximum Gasteiger partial charge on any atom is 0.416 e. The largest absolute Gasteiger partial charge is 0.474 e. The molecule has 0 saturated heterocycles. The Balaban J connectivity index is 1.68. The van der Waals surface area contributed by atoms with Crippen molar-refractivity contribution in [2.45, 2.75) is 19.5 Å². The third kappa shape index (κ3) is 4.30. The average Bonchev–Trinajstić information content (AvgIpc) is 2.63. The van der Waals surface area contributed by atoms with Crippen molar-refractivity contribution in [1.82, 2.24) is 15.0 Å². The summed E-state index contributed by atoms with van der Waals surface area (Å²) < 4.78 is 53.2. The van der Waals surface area contributed by atoms with E-state index in [-0.39, 0.29) is 36.2 Å². The number of nitrogens with one attached hydrogen (secondary N) is 1. The lowest BCUT2D eigenvalue weighted by Crippen LogP contribution is -2.17. The van der Waals surface area contributed by atoms with Crippen LogP contribution in [-0.4, -0.2) is 28.2 Å². The molecule has 0 radical (unpaired) electrons. The zero-order valence-electron chi connectivity index (χ0n) is 14.5. The second kappa shape index (κ2) is 7.71. The van der Waals surface area contributed by atoms with Gasteiger partial charge in [0.15, 0.2) is 0 Å². The zero-order chi connectivity index (χ0) is 20.3. The van der Waals surface area contributed by atoms with Crippen LogP contribution in [0.4, 0.5) is 13.2 Å². The first-order valence-electron chi connectivity index (χ1n) is 8.14. The molecule has 0 amide bonds. The van der Waals surface area contributed by atoms with E-state index >= 15 is 0 Å². The highest BCUT2D eigenvalue weighted by Crippen LogP contribution is 2.30. The van der Waals surface area contributed by atoms with Gasteiger partial charge in [0.05, 0.1) is 5.56 Å². The summed E-state index contributed by atoms with van der Waals surface area (Å²) in [6, 6.07) is 2.59. The van der Waals surface area contributed by atoms with Crippen LogP contribution < -0.4 is 20.7 Å². The number of aromatic nitrogens is 3. The van der Waals surface area contributed by atoms with Gasteiger partial charge < -0.3 is 13.9 Å². The van der Waals surface area contributed by atoms with Crippen LogP contribution in [0.3, 0.4) is 0 Å². The van der Waals surface area contributed by atoms with Crippen molar-refractivity contribution >= 4 is 11.1 Å². The summed E-state index contributed by atoms with van der Waals surface area (Å²) in [5, 5.41) is 0.152. The quantitative estimate of drug-likeness (QED) is 0.636. The number of halogens is 3. The Morgan fingerprint density at radius 3 is 2.64 bits per heavy atom. The minimum absolute atomic E-state index is 0.149. The van der Waals surface area contributed by atoms with E-state index in [4.69, 9.17) is 13.9 Å². The molecule has 0 aliphatic rings. The maximum atomic E-state index is 12.6. The van der Waals surface area contributed by atoms with Crippen LogP contribution in [0.5, 0.6) is 11.9 Å². The van der Waals surface area contributed by atoms with Gasteiger partial charge in [0.1, 0.15) is 18.6 Å². The normalized spacial score (nSPS) is 11.6. The molecule has 0 bridgehead atoms. The summed E-state index contributed by atoms with van der Waals surface area (Å²) >= 11 is 0. The van der Waals surface area contributed by atoms with Crippen LogP contribution >= 0.6 is 0 Å². The van der Waals surface area contributed by atoms with Crippen molar-refractivity contribution in [2.75, 3.05) is 13.2 Å². The lowest BCUT2D eigenvalue weighted by atomic mass is 10.1. The topological polar surface area (TPSA) is 107 Å². The number of rotatable bonds is 6. The predicted octanol–water partition coefficient (Wildman–Crippen LogP) is 2.31. The first-order valence-corrected chi connectivity index (χ1v) is 8.14. The molecular formula is C17H14F3N3O5. The Hall–Kier alpha value is -3.37. The van der Waals surface area contributed by atoms with Crippen LogP contribution in [0.25, 0.3) is 11.1 Å². The highest BCUT2D eigenvalue weighted by molar-refractivity contribution is 5.75. The zero-order valence-corrected chi connectivity index (χ0v) is 14.5. The number of nitrogens with zero attached hydrogens (tertiary/aromatic N) is 2. The number of hydrogen-bond donors (Lipinski definition) is 1. The number of aromatic amines is 1. The summed E-state index contributed by atoms with van der Waals surface area (Å²) in [6.07, 6.45) is -3.09. The van der Waals surface area contributed by atoms with Gasteiger partial charge in [-0.25, -0.2) is 9.78 Å². The Bertz CT molecular complexity index is 1110. The number of fused-ring (bicyclic) bond motifs is 1. The maximum absolute atomic E-state index is 12.6. The van der Waals surface area contributed by atoms with Crippen molar-refractivity contribution in [1.29, 1.82) is 0 Å². The molecule has 3 heterocycles. The highest BCUT2D eigenvalue weighted by atomic mass is 19.4. The van der Waals surface area contributed by atoms with Crippen molar-refractivity contribution < 1.29 is 27.1 Å². The van der Waals surface area contributed by atoms with E-state index in [1.54, 1.807) is 6.92 Å². The molecule has 0 atom stereocenters. The number of hydrogen-bond acceptors (Lipinski definition) is 7. The number of H-pyrrole nitrogens is 1. The summed E-state index contributed by atoms with van der Waals surface area (Å²) in [7, 11) is 0. The van der Waals surface area contributed by atoms with Gasteiger partial charge in [-0.2, -0.15) is 18.2 Å². The van der Waals surface area contributed by atoms with Gasteiger partial charge in [-0.1, -0.05) is 6.92 Å². The fraction of sp³-hybridized carbons (Fsp3) is 0.294. The molecule has 0 spiro atoms. The molecule has 28 heavy (non-hydrogen) atoms. The van der Waals surface area contributed by atoms with E-state index < -0.39 is 22.9 Å². The molecule has 0 fully saturated rings. The van der Waals surface area contributed by atoms with Crippen molar-refractivity contribution in [3.05, 3.63) is 56.3 Å². The molecule has 0 aliphatic heterocycles. The van der Waals surface area contributed by atoms with Crippen LogP contribution in [0.2, 0.25) is 0 Å². The predicted molar refractivity (Wildman–Crippen MR) is 90.5 cm³/mol. The Morgan fingerprint density at radius 2 is 1.93 bits per heavy atom. The first-order chi connectivity index (χ1) is 13.3. The second-order valence-electron chi connectivity index (χ2n) is 5.57. The second-order valence-corrected chi connectivity index (χ2v) is 5.57. The minimum atomic E-state index is -4.51. The summed E-state index contributed by atoms with van der Waals surface area (Å²) in [6.45, 7) is 1.47. The van der Waals surface area contributed by atoms with Gasteiger partial charge in [-0.3, -0.25) is 9.78 Å². The van der Waals surface area contributed by atoms with Gasteiger partial charge in [-0.05, 0) is 18.1 Å². The van der Waals surface area contributed by atoms with Gasteiger partial charge in [0.2, 0.25) is 11.6 Å². The van der Waals surface area contributed by atoms with Crippen LogP contribution in [0, 0.1) is 0 Å².